The average molecular weight is 235 g/mol. The van der Waals surface area contributed by atoms with Crippen molar-refractivity contribution in [2.45, 2.75) is 19.3 Å². The summed E-state index contributed by atoms with van der Waals surface area (Å²) < 4.78 is 0. The molecule has 2 aromatic carbocycles. The van der Waals surface area contributed by atoms with Gasteiger partial charge in [-0.05, 0) is 29.7 Å². The maximum Gasteiger partial charge on any atom is 0.165 e. The molecular weight excluding hydrogens is 222 g/mol. The van der Waals surface area contributed by atoms with Gasteiger partial charge in [0.05, 0.1) is 0 Å². The van der Waals surface area contributed by atoms with Crippen molar-refractivity contribution < 1.29 is 4.79 Å². The first-order chi connectivity index (χ1) is 8.84. The van der Waals surface area contributed by atoms with Gasteiger partial charge in [-0.15, -0.1) is 0 Å². The van der Waals surface area contributed by atoms with Crippen LogP contribution in [0.25, 0.3) is 21.7 Å². The predicted octanol–water partition coefficient (Wildman–Crippen LogP) is 3.84. The second kappa shape index (κ2) is 3.45. The van der Waals surface area contributed by atoms with Crippen LogP contribution in [-0.4, -0.2) is 10.8 Å². The van der Waals surface area contributed by atoms with Crippen molar-refractivity contribution in [3.05, 3.63) is 47.7 Å². The smallest absolute Gasteiger partial charge is 0.165 e. The van der Waals surface area contributed by atoms with Gasteiger partial charge in [0.25, 0.3) is 0 Å². The number of aromatic nitrogens is 1. The number of rotatable bonds is 0. The summed E-state index contributed by atoms with van der Waals surface area (Å²) in [5, 5.41) is 3.50. The standard InChI is InChI=1S/C16H13NO/c18-14-7-3-6-12-16(14)15-11-5-2-1-4-10(11)8-9-13(15)17-12/h1-2,4-5,8-9,17H,3,6-7H2. The van der Waals surface area contributed by atoms with Crippen LogP contribution < -0.4 is 0 Å². The number of H-pyrrole nitrogens is 1. The van der Waals surface area contributed by atoms with Gasteiger partial charge in [-0.25, -0.2) is 0 Å². The first-order valence-electron chi connectivity index (χ1n) is 6.40. The minimum absolute atomic E-state index is 0.291. The maximum absolute atomic E-state index is 12.2. The van der Waals surface area contributed by atoms with E-state index in [1.54, 1.807) is 0 Å². The highest BCUT2D eigenvalue weighted by Gasteiger charge is 2.23. The molecule has 2 nitrogen and oxygen atoms in total. The second-order valence-corrected chi connectivity index (χ2v) is 4.96. The fourth-order valence-corrected chi connectivity index (χ4v) is 3.07. The Hall–Kier alpha value is -2.09. The number of ketones is 1. The Balaban J connectivity index is 2.23. The maximum atomic E-state index is 12.2. The normalized spacial score (nSPS) is 15.2. The minimum Gasteiger partial charge on any atom is -0.358 e. The molecule has 1 aliphatic rings. The molecule has 0 spiro atoms. The van der Waals surface area contributed by atoms with Gasteiger partial charge in [-0.3, -0.25) is 4.79 Å². The Morgan fingerprint density at radius 2 is 1.89 bits per heavy atom. The fraction of sp³-hybridized carbons (Fsp3) is 0.188. The molecule has 88 valence electrons. The number of nitrogens with one attached hydrogen (secondary N) is 1. The largest absolute Gasteiger partial charge is 0.358 e. The van der Waals surface area contributed by atoms with E-state index >= 15 is 0 Å². The van der Waals surface area contributed by atoms with Crippen molar-refractivity contribution in [2.75, 3.05) is 0 Å². The molecule has 0 radical (unpaired) electrons. The number of hydrogen-bond donors (Lipinski definition) is 1. The molecule has 0 fully saturated rings. The minimum atomic E-state index is 0.291. The van der Waals surface area contributed by atoms with Crippen molar-refractivity contribution in [1.82, 2.24) is 4.98 Å². The van der Waals surface area contributed by atoms with Crippen LogP contribution in [0.1, 0.15) is 28.9 Å². The first kappa shape index (κ1) is 9.89. The van der Waals surface area contributed by atoms with Gasteiger partial charge < -0.3 is 4.98 Å². The number of hydrogen-bond acceptors (Lipinski definition) is 1. The summed E-state index contributed by atoms with van der Waals surface area (Å²) in [6.45, 7) is 0. The Labute approximate surface area is 105 Å². The van der Waals surface area contributed by atoms with Crippen LogP contribution >= 0.6 is 0 Å². The molecule has 0 atom stereocenters. The van der Waals surface area contributed by atoms with Gasteiger partial charge in [0.15, 0.2) is 5.78 Å². The first-order valence-corrected chi connectivity index (χ1v) is 6.40. The Morgan fingerprint density at radius 3 is 2.83 bits per heavy atom. The molecule has 0 unspecified atom stereocenters. The van der Waals surface area contributed by atoms with E-state index in [0.29, 0.717) is 12.2 Å². The number of aryl methyl sites for hydroxylation is 1. The highest BCUT2D eigenvalue weighted by atomic mass is 16.1. The summed E-state index contributed by atoms with van der Waals surface area (Å²) in [6.07, 6.45) is 2.64. The highest BCUT2D eigenvalue weighted by molar-refractivity contribution is 6.19. The van der Waals surface area contributed by atoms with Crippen LogP contribution in [0.15, 0.2) is 36.4 Å². The molecular formula is C16H13NO. The summed E-state index contributed by atoms with van der Waals surface area (Å²) in [5.41, 5.74) is 3.15. The van der Waals surface area contributed by atoms with Gasteiger partial charge in [-0.2, -0.15) is 0 Å². The molecule has 1 aromatic heterocycles. The summed E-state index contributed by atoms with van der Waals surface area (Å²) >= 11 is 0. The molecule has 0 amide bonds. The molecule has 0 aliphatic heterocycles. The lowest BCUT2D eigenvalue weighted by Crippen LogP contribution is -2.09. The van der Waals surface area contributed by atoms with Crippen LogP contribution in [0, 0.1) is 0 Å². The molecule has 2 heteroatoms. The van der Waals surface area contributed by atoms with Gasteiger partial charge >= 0.3 is 0 Å². The van der Waals surface area contributed by atoms with E-state index in [2.05, 4.69) is 29.2 Å². The summed E-state index contributed by atoms with van der Waals surface area (Å²) in [4.78, 5) is 15.6. The summed E-state index contributed by atoms with van der Waals surface area (Å²) in [5.74, 6) is 0.291. The molecule has 0 saturated carbocycles. The summed E-state index contributed by atoms with van der Waals surface area (Å²) in [7, 11) is 0. The monoisotopic (exact) mass is 235 g/mol. The van der Waals surface area contributed by atoms with Crippen molar-refractivity contribution in [3.8, 4) is 0 Å². The van der Waals surface area contributed by atoms with Gasteiger partial charge in [-0.1, -0.05) is 30.3 Å². The molecule has 4 rings (SSSR count). The van der Waals surface area contributed by atoms with Crippen molar-refractivity contribution in [1.29, 1.82) is 0 Å². The van der Waals surface area contributed by atoms with Crippen LogP contribution in [0.2, 0.25) is 0 Å². The van der Waals surface area contributed by atoms with E-state index in [0.717, 1.165) is 35.0 Å². The fourth-order valence-electron chi connectivity index (χ4n) is 3.07. The Kier molecular flexibility index (Phi) is 1.90. The number of carbonyl (C=O) groups excluding carboxylic acids is 1. The van der Waals surface area contributed by atoms with E-state index in [1.807, 2.05) is 12.1 Å². The molecule has 0 bridgehead atoms. The molecule has 1 aliphatic carbocycles. The number of fused-ring (bicyclic) bond motifs is 5. The average Bonchev–Trinajstić information content (AvgIpc) is 2.79. The lowest BCUT2D eigenvalue weighted by molar-refractivity contribution is 0.0974. The SMILES string of the molecule is O=C1CCCc2[nH]c3ccc4ccccc4c3c21. The zero-order chi connectivity index (χ0) is 12.1. The predicted molar refractivity (Wildman–Crippen MR) is 73.1 cm³/mol. The quantitative estimate of drug-likeness (QED) is 0.631. The number of aromatic amines is 1. The second-order valence-electron chi connectivity index (χ2n) is 4.96. The van der Waals surface area contributed by atoms with Gasteiger partial charge in [0.1, 0.15) is 0 Å². The van der Waals surface area contributed by atoms with Crippen LogP contribution in [0.4, 0.5) is 0 Å². The number of benzene rings is 2. The van der Waals surface area contributed by atoms with Crippen molar-refractivity contribution in [2.24, 2.45) is 0 Å². The van der Waals surface area contributed by atoms with E-state index in [1.165, 1.54) is 10.8 Å². The van der Waals surface area contributed by atoms with E-state index in [4.69, 9.17) is 0 Å². The van der Waals surface area contributed by atoms with E-state index in [-0.39, 0.29) is 0 Å². The molecule has 3 aromatic rings. The molecule has 0 saturated heterocycles. The lowest BCUT2D eigenvalue weighted by atomic mass is 9.92. The Bertz CT molecular complexity index is 782. The Morgan fingerprint density at radius 1 is 1.00 bits per heavy atom. The lowest BCUT2D eigenvalue weighted by Gasteiger charge is -2.10. The molecule has 1 N–H and O–H groups in total. The zero-order valence-corrected chi connectivity index (χ0v) is 9.99. The van der Waals surface area contributed by atoms with E-state index in [9.17, 15) is 4.79 Å². The van der Waals surface area contributed by atoms with Gasteiger partial charge in [0.2, 0.25) is 0 Å². The topological polar surface area (TPSA) is 32.9 Å². The number of carbonyl (C=O) groups is 1. The number of Topliss-reactive ketones (excluding diaryl/α,β-unsaturated/α-hetero) is 1. The van der Waals surface area contributed by atoms with Crippen LogP contribution in [0.5, 0.6) is 0 Å². The van der Waals surface area contributed by atoms with Crippen molar-refractivity contribution >= 4 is 27.5 Å². The van der Waals surface area contributed by atoms with Gasteiger partial charge in [0, 0.05) is 28.6 Å². The third-order valence-corrected chi connectivity index (χ3v) is 3.88. The third-order valence-electron chi connectivity index (χ3n) is 3.88. The zero-order valence-electron chi connectivity index (χ0n) is 9.99. The summed E-state index contributed by atoms with van der Waals surface area (Å²) in [6, 6.07) is 12.5. The molecule has 1 heterocycles. The van der Waals surface area contributed by atoms with Crippen molar-refractivity contribution in [3.63, 3.8) is 0 Å². The third kappa shape index (κ3) is 1.20. The van der Waals surface area contributed by atoms with Crippen LogP contribution in [0.3, 0.4) is 0 Å². The molecule has 18 heavy (non-hydrogen) atoms. The van der Waals surface area contributed by atoms with E-state index < -0.39 is 0 Å². The van der Waals surface area contributed by atoms with Crippen LogP contribution in [-0.2, 0) is 6.42 Å². The highest BCUT2D eigenvalue weighted by Crippen LogP contribution is 2.34.